The number of anilines is 2. The lowest BCUT2D eigenvalue weighted by Crippen LogP contribution is -2.50. The van der Waals surface area contributed by atoms with Gasteiger partial charge in [0.05, 0.1) is 17.0 Å². The molecule has 2 aromatic heterocycles. The zero-order valence-corrected chi connectivity index (χ0v) is 20.5. The van der Waals surface area contributed by atoms with Crippen LogP contribution in [0.25, 0.3) is 0 Å². The van der Waals surface area contributed by atoms with Crippen molar-refractivity contribution in [1.29, 1.82) is 0 Å². The Bertz CT molecular complexity index is 1180. The Morgan fingerprint density at radius 1 is 1.06 bits per heavy atom. The van der Waals surface area contributed by atoms with Crippen molar-refractivity contribution in [3.05, 3.63) is 57.9 Å². The number of aryl methyl sites for hydroxylation is 4. The first-order valence-electron chi connectivity index (χ1n) is 11.9. The maximum atomic E-state index is 13.2. The minimum absolute atomic E-state index is 0.0737. The van der Waals surface area contributed by atoms with Gasteiger partial charge in [-0.05, 0) is 57.7 Å². The largest absolute Gasteiger partial charge is 0.367 e. The molecule has 1 N–H and O–H groups in total. The molecule has 1 aliphatic heterocycles. The molecule has 1 aromatic carbocycles. The third kappa shape index (κ3) is 4.70. The van der Waals surface area contributed by atoms with Crippen molar-refractivity contribution in [3.8, 4) is 0 Å². The van der Waals surface area contributed by atoms with Gasteiger partial charge in [0.2, 0.25) is 5.91 Å². The zero-order chi connectivity index (χ0) is 23.7. The second-order valence-electron chi connectivity index (χ2n) is 9.02. The summed E-state index contributed by atoms with van der Waals surface area (Å²) in [5, 5.41) is 8.11. The van der Waals surface area contributed by atoms with E-state index in [1.165, 1.54) is 17.7 Å². The highest BCUT2D eigenvalue weighted by atomic mass is 32.1. The van der Waals surface area contributed by atoms with Crippen molar-refractivity contribution in [2.24, 2.45) is 0 Å². The molecule has 2 aliphatic rings. The number of piperazine rings is 1. The number of benzene rings is 1. The fraction of sp³-hybridized carbons (Fsp3) is 0.440. The smallest absolute Gasteiger partial charge is 0.259 e. The van der Waals surface area contributed by atoms with Gasteiger partial charge in [-0.1, -0.05) is 12.1 Å². The Balaban J connectivity index is 1.23. The summed E-state index contributed by atoms with van der Waals surface area (Å²) in [5.41, 5.74) is 4.58. The summed E-state index contributed by atoms with van der Waals surface area (Å²) in [5.74, 6) is -0.0608. The molecule has 9 heteroatoms. The van der Waals surface area contributed by atoms with Gasteiger partial charge in [0.15, 0.2) is 5.13 Å². The van der Waals surface area contributed by atoms with Crippen LogP contribution in [0, 0.1) is 13.8 Å². The van der Waals surface area contributed by atoms with E-state index < -0.39 is 0 Å². The lowest BCUT2D eigenvalue weighted by atomic mass is 10.0. The average Bonchev–Trinajstić information content (AvgIpc) is 3.40. The summed E-state index contributed by atoms with van der Waals surface area (Å²) >= 11 is 1.60. The van der Waals surface area contributed by atoms with E-state index in [0.717, 1.165) is 35.6 Å². The highest BCUT2D eigenvalue weighted by molar-refractivity contribution is 7.15. The quantitative estimate of drug-likeness (QED) is 0.607. The minimum atomic E-state index is -0.135. The molecular formula is C25H30N6O2S. The van der Waals surface area contributed by atoms with Crippen LogP contribution < -0.4 is 10.2 Å². The summed E-state index contributed by atoms with van der Waals surface area (Å²) in [4.78, 5) is 36.0. The molecule has 1 saturated heterocycles. The number of amides is 2. The zero-order valence-electron chi connectivity index (χ0n) is 19.7. The second kappa shape index (κ2) is 9.58. The molecular weight excluding hydrogens is 448 g/mol. The molecule has 0 spiro atoms. The SMILES string of the molecule is Cc1cc(C)n(CC(=O)N2CCN(c3ccccc3C(=O)Nc3nc4c(s3)CCCC4)CC2)n1. The molecule has 5 rings (SSSR count). The monoisotopic (exact) mass is 478 g/mol. The van der Waals surface area contributed by atoms with Gasteiger partial charge in [-0.15, -0.1) is 11.3 Å². The predicted octanol–water partition coefficient (Wildman–Crippen LogP) is 3.44. The molecule has 3 aromatic rings. The first kappa shape index (κ1) is 22.6. The molecule has 178 valence electrons. The number of aromatic nitrogens is 3. The standard InChI is InChI=1S/C25H30N6O2S/c1-17-15-18(2)31(28-17)16-23(32)30-13-11-29(12-14-30)21-9-5-3-7-19(21)24(33)27-25-26-20-8-4-6-10-22(20)34-25/h3,5,7,9,15H,4,6,8,10-14,16H2,1-2H3,(H,26,27,33). The summed E-state index contributed by atoms with van der Waals surface area (Å²) in [6.45, 7) is 6.76. The summed E-state index contributed by atoms with van der Waals surface area (Å²) in [6, 6.07) is 9.66. The third-order valence-electron chi connectivity index (χ3n) is 6.58. The molecule has 0 bridgehead atoms. The van der Waals surface area contributed by atoms with E-state index in [1.54, 1.807) is 16.0 Å². The average molecular weight is 479 g/mol. The van der Waals surface area contributed by atoms with Crippen LogP contribution in [-0.4, -0.2) is 57.7 Å². The van der Waals surface area contributed by atoms with Gasteiger partial charge in [-0.3, -0.25) is 19.6 Å². The molecule has 34 heavy (non-hydrogen) atoms. The molecule has 3 heterocycles. The number of hydrogen-bond donors (Lipinski definition) is 1. The molecule has 0 atom stereocenters. The van der Waals surface area contributed by atoms with Crippen molar-refractivity contribution in [2.75, 3.05) is 36.4 Å². The van der Waals surface area contributed by atoms with Gasteiger partial charge in [0.1, 0.15) is 6.54 Å². The molecule has 0 saturated carbocycles. The Morgan fingerprint density at radius 3 is 2.56 bits per heavy atom. The van der Waals surface area contributed by atoms with Crippen LogP contribution >= 0.6 is 11.3 Å². The Morgan fingerprint density at radius 2 is 1.82 bits per heavy atom. The number of rotatable bonds is 5. The van der Waals surface area contributed by atoms with Crippen LogP contribution in [0.1, 0.15) is 45.2 Å². The number of nitrogens with zero attached hydrogens (tertiary/aromatic N) is 5. The molecule has 0 radical (unpaired) electrons. The maximum Gasteiger partial charge on any atom is 0.259 e. The van der Waals surface area contributed by atoms with E-state index in [2.05, 4.69) is 20.3 Å². The van der Waals surface area contributed by atoms with Crippen LogP contribution in [0.5, 0.6) is 0 Å². The number of para-hydroxylation sites is 1. The Labute approximate surface area is 203 Å². The maximum absolute atomic E-state index is 13.2. The summed E-state index contributed by atoms with van der Waals surface area (Å²) in [7, 11) is 0. The Kier molecular flexibility index (Phi) is 6.36. The lowest BCUT2D eigenvalue weighted by Gasteiger charge is -2.36. The lowest BCUT2D eigenvalue weighted by molar-refractivity contribution is -0.132. The van der Waals surface area contributed by atoms with Gasteiger partial charge >= 0.3 is 0 Å². The molecule has 1 fully saturated rings. The van der Waals surface area contributed by atoms with Gasteiger partial charge in [0, 0.05) is 42.4 Å². The highest BCUT2D eigenvalue weighted by Crippen LogP contribution is 2.30. The van der Waals surface area contributed by atoms with Gasteiger partial charge in [-0.25, -0.2) is 4.98 Å². The fourth-order valence-corrected chi connectivity index (χ4v) is 5.82. The number of hydrogen-bond acceptors (Lipinski definition) is 6. The van der Waals surface area contributed by atoms with E-state index in [4.69, 9.17) is 0 Å². The van der Waals surface area contributed by atoms with Crippen molar-refractivity contribution in [1.82, 2.24) is 19.7 Å². The Hall–Kier alpha value is -3.20. The van der Waals surface area contributed by atoms with E-state index in [9.17, 15) is 9.59 Å². The topological polar surface area (TPSA) is 83.4 Å². The first-order valence-corrected chi connectivity index (χ1v) is 12.7. The van der Waals surface area contributed by atoms with E-state index in [0.29, 0.717) is 36.9 Å². The number of nitrogens with one attached hydrogen (secondary N) is 1. The number of thiazole rings is 1. The van der Waals surface area contributed by atoms with Gasteiger partial charge in [0.25, 0.3) is 5.91 Å². The second-order valence-corrected chi connectivity index (χ2v) is 10.1. The summed E-state index contributed by atoms with van der Waals surface area (Å²) < 4.78 is 1.76. The molecule has 0 unspecified atom stereocenters. The van der Waals surface area contributed by atoms with E-state index in [1.807, 2.05) is 49.1 Å². The minimum Gasteiger partial charge on any atom is -0.367 e. The third-order valence-corrected chi connectivity index (χ3v) is 7.65. The van der Waals surface area contributed by atoms with E-state index in [-0.39, 0.29) is 18.4 Å². The van der Waals surface area contributed by atoms with Crippen LogP contribution in [-0.2, 0) is 24.2 Å². The van der Waals surface area contributed by atoms with Crippen molar-refractivity contribution in [2.45, 2.75) is 46.1 Å². The van der Waals surface area contributed by atoms with Crippen molar-refractivity contribution < 1.29 is 9.59 Å². The van der Waals surface area contributed by atoms with Crippen molar-refractivity contribution >= 4 is 34.0 Å². The molecule has 2 amide bonds. The first-order chi connectivity index (χ1) is 16.5. The number of carbonyl (C=O) groups is 2. The normalized spacial score (nSPS) is 15.8. The highest BCUT2D eigenvalue weighted by Gasteiger charge is 2.25. The molecule has 1 aliphatic carbocycles. The van der Waals surface area contributed by atoms with Crippen LogP contribution in [0.3, 0.4) is 0 Å². The number of carbonyl (C=O) groups excluding carboxylic acids is 2. The summed E-state index contributed by atoms with van der Waals surface area (Å²) in [6.07, 6.45) is 4.42. The van der Waals surface area contributed by atoms with Gasteiger partial charge < -0.3 is 9.80 Å². The van der Waals surface area contributed by atoms with Crippen molar-refractivity contribution in [3.63, 3.8) is 0 Å². The van der Waals surface area contributed by atoms with E-state index >= 15 is 0 Å². The number of fused-ring (bicyclic) bond motifs is 1. The predicted molar refractivity (Wildman–Crippen MR) is 134 cm³/mol. The fourth-order valence-electron chi connectivity index (χ4n) is 4.77. The molecule has 8 nitrogen and oxygen atoms in total. The van der Waals surface area contributed by atoms with Gasteiger partial charge in [-0.2, -0.15) is 5.10 Å². The van der Waals surface area contributed by atoms with Crippen LogP contribution in [0.4, 0.5) is 10.8 Å². The van der Waals surface area contributed by atoms with Crippen LogP contribution in [0.2, 0.25) is 0 Å². The van der Waals surface area contributed by atoms with Crippen LogP contribution in [0.15, 0.2) is 30.3 Å².